The zero-order chi connectivity index (χ0) is 18.6. The predicted octanol–water partition coefficient (Wildman–Crippen LogP) is 0.509. The summed E-state index contributed by atoms with van der Waals surface area (Å²) in [5.74, 6) is -2.97. The number of carboxylic acid groups (broad SMARTS) is 2. The first-order valence-electron chi connectivity index (χ1n) is 6.46. The van der Waals surface area contributed by atoms with E-state index < -0.39 is 17.9 Å². The molecule has 0 unspecified atom stereocenters. The van der Waals surface area contributed by atoms with Gasteiger partial charge in [0.25, 0.3) is 0 Å². The number of hydrogen-bond donors (Lipinski definition) is 4. The molecule has 0 aromatic carbocycles. The topological polar surface area (TPSA) is 141 Å². The van der Waals surface area contributed by atoms with Crippen LogP contribution in [0.4, 0.5) is 0 Å². The van der Waals surface area contributed by atoms with E-state index in [2.05, 4.69) is 4.74 Å². The predicted molar refractivity (Wildman–Crippen MR) is 81.7 cm³/mol. The van der Waals surface area contributed by atoms with Gasteiger partial charge in [-0.2, -0.15) is 0 Å². The maximum Gasteiger partial charge on any atom is 0.334 e. The van der Waals surface area contributed by atoms with Gasteiger partial charge < -0.3 is 25.2 Å². The van der Waals surface area contributed by atoms with Crippen molar-refractivity contribution in [3.8, 4) is 0 Å². The molecule has 0 saturated carbocycles. The van der Waals surface area contributed by atoms with Crippen molar-refractivity contribution in [2.75, 3.05) is 20.3 Å². The molecule has 0 heterocycles. The quantitative estimate of drug-likeness (QED) is 0.313. The summed E-state index contributed by atoms with van der Waals surface area (Å²) in [6.45, 7) is 3.87. The van der Waals surface area contributed by atoms with Gasteiger partial charge in [0.15, 0.2) is 0 Å². The third-order valence-corrected chi connectivity index (χ3v) is 2.44. The Morgan fingerprint density at radius 1 is 0.870 bits per heavy atom. The van der Waals surface area contributed by atoms with Crippen molar-refractivity contribution in [2.45, 2.75) is 20.8 Å². The van der Waals surface area contributed by atoms with Crippen LogP contribution in [0.25, 0.3) is 0 Å². The molecule has 8 heteroatoms. The highest BCUT2D eigenvalue weighted by atomic mass is 16.5. The summed E-state index contributed by atoms with van der Waals surface area (Å²) >= 11 is 0. The lowest BCUT2D eigenvalue weighted by atomic mass is 10.0. The second-order valence-corrected chi connectivity index (χ2v) is 4.28. The normalized spacial score (nSPS) is 11.0. The fraction of sp³-hybridized carbons (Fsp3) is 0.400. The Balaban J connectivity index is 0. The minimum Gasteiger partial charge on any atom is -0.478 e. The van der Waals surface area contributed by atoms with Crippen molar-refractivity contribution >= 4 is 17.9 Å². The number of esters is 1. The molecule has 0 saturated heterocycles. The van der Waals surface area contributed by atoms with E-state index in [-0.39, 0.29) is 35.5 Å². The largest absolute Gasteiger partial charge is 0.478 e. The zero-order valence-electron chi connectivity index (χ0n) is 13.5. The first-order chi connectivity index (χ1) is 10.6. The van der Waals surface area contributed by atoms with Crippen LogP contribution in [-0.2, 0) is 19.1 Å². The second-order valence-electron chi connectivity index (χ2n) is 4.28. The third kappa shape index (κ3) is 9.99. The number of aliphatic hydroxyl groups excluding tert-OH is 2. The number of carbonyl (C=O) groups is 3. The van der Waals surface area contributed by atoms with E-state index in [4.69, 9.17) is 20.4 Å². The van der Waals surface area contributed by atoms with Gasteiger partial charge in [-0.3, -0.25) is 0 Å². The van der Waals surface area contributed by atoms with Gasteiger partial charge in [-0.1, -0.05) is 0 Å². The van der Waals surface area contributed by atoms with Crippen LogP contribution in [0.3, 0.4) is 0 Å². The lowest BCUT2D eigenvalue weighted by Crippen LogP contribution is -2.06. The fourth-order valence-electron chi connectivity index (χ4n) is 1.12. The number of rotatable bonds is 6. The van der Waals surface area contributed by atoms with Crippen LogP contribution in [-0.4, -0.2) is 58.7 Å². The Hall–Kier alpha value is -2.45. The van der Waals surface area contributed by atoms with Gasteiger partial charge in [0.05, 0.1) is 20.3 Å². The molecule has 23 heavy (non-hydrogen) atoms. The lowest BCUT2D eigenvalue weighted by molar-refractivity contribution is -0.136. The summed E-state index contributed by atoms with van der Waals surface area (Å²) in [6.07, 6.45) is 2.45. The van der Waals surface area contributed by atoms with Crippen LogP contribution in [0.1, 0.15) is 20.8 Å². The van der Waals surface area contributed by atoms with Crippen molar-refractivity contribution in [1.82, 2.24) is 0 Å². The van der Waals surface area contributed by atoms with E-state index in [0.29, 0.717) is 0 Å². The molecule has 0 aromatic rings. The van der Waals surface area contributed by atoms with E-state index in [1.807, 2.05) is 0 Å². The Morgan fingerprint density at radius 3 is 1.43 bits per heavy atom. The van der Waals surface area contributed by atoms with Crippen LogP contribution in [0.5, 0.6) is 0 Å². The Kier molecular flexibility index (Phi) is 12.0. The zero-order valence-corrected chi connectivity index (χ0v) is 13.5. The highest BCUT2D eigenvalue weighted by Gasteiger charge is 2.11. The number of hydrogen-bond acceptors (Lipinski definition) is 6. The second kappa shape index (κ2) is 12.1. The summed E-state index contributed by atoms with van der Waals surface area (Å²) in [4.78, 5) is 33.0. The maximum atomic E-state index is 11.4. The molecule has 0 aliphatic carbocycles. The number of aliphatic carboxylic acids is 2. The highest BCUT2D eigenvalue weighted by Crippen LogP contribution is 2.14. The molecule has 0 atom stereocenters. The first kappa shape index (κ1) is 22.8. The smallest absolute Gasteiger partial charge is 0.334 e. The molecule has 130 valence electrons. The standard InChI is InChI=1S/C13H16O6.C2H6O2/c1-7(11(14)15)5-10(6-8(2)12(16)17)9(3)13(18)19-4;3-1-2-4/h5-6H,1-4H3,(H,14,15)(H,16,17);3-4H,1-2H2. The van der Waals surface area contributed by atoms with Crippen LogP contribution >= 0.6 is 0 Å². The molecule has 0 fully saturated rings. The molecule has 0 radical (unpaired) electrons. The van der Waals surface area contributed by atoms with Crippen molar-refractivity contribution < 1.29 is 39.5 Å². The molecule has 0 spiro atoms. The SMILES string of the molecule is COC(=O)C(C)=C(C=C(C)C(=O)O)C=C(C)C(=O)O.OCCO. The summed E-state index contributed by atoms with van der Waals surface area (Å²) in [5.41, 5.74) is 0.274. The molecule has 8 nitrogen and oxygen atoms in total. The van der Waals surface area contributed by atoms with Gasteiger partial charge in [0.2, 0.25) is 0 Å². The third-order valence-electron chi connectivity index (χ3n) is 2.44. The molecule has 0 rings (SSSR count). The number of methoxy groups -OCH3 is 1. The lowest BCUT2D eigenvalue weighted by Gasteiger charge is -2.05. The Morgan fingerprint density at radius 2 is 1.22 bits per heavy atom. The first-order valence-corrected chi connectivity index (χ1v) is 6.46. The summed E-state index contributed by atoms with van der Waals surface area (Å²) in [7, 11) is 1.19. The number of allylic oxidation sites excluding steroid dienone is 3. The molecule has 0 aliphatic rings. The van der Waals surface area contributed by atoms with E-state index in [9.17, 15) is 14.4 Å². The molecule has 4 N–H and O–H groups in total. The van der Waals surface area contributed by atoms with Crippen LogP contribution < -0.4 is 0 Å². The van der Waals surface area contributed by atoms with Gasteiger partial charge in [0.1, 0.15) is 0 Å². The number of ether oxygens (including phenoxy) is 1. The summed E-state index contributed by atoms with van der Waals surface area (Å²) in [5, 5.41) is 32.9. The Labute approximate surface area is 134 Å². The average Bonchev–Trinajstić information content (AvgIpc) is 2.52. The van der Waals surface area contributed by atoms with Gasteiger partial charge in [0, 0.05) is 16.7 Å². The molecule has 0 bridgehead atoms. The van der Waals surface area contributed by atoms with E-state index in [1.165, 1.54) is 40.0 Å². The minimum absolute atomic E-state index is 0.0207. The maximum absolute atomic E-state index is 11.4. The summed E-state index contributed by atoms with van der Waals surface area (Å²) < 4.78 is 4.53. The van der Waals surface area contributed by atoms with Gasteiger partial charge >= 0.3 is 17.9 Å². The fourth-order valence-corrected chi connectivity index (χ4v) is 1.12. The van der Waals surface area contributed by atoms with Gasteiger partial charge in [-0.25, -0.2) is 14.4 Å². The van der Waals surface area contributed by atoms with Crippen molar-refractivity contribution in [3.63, 3.8) is 0 Å². The van der Waals surface area contributed by atoms with Crippen LogP contribution in [0.15, 0.2) is 34.4 Å². The van der Waals surface area contributed by atoms with E-state index in [0.717, 1.165) is 0 Å². The highest BCUT2D eigenvalue weighted by molar-refractivity contribution is 5.93. The van der Waals surface area contributed by atoms with Gasteiger partial charge in [-0.05, 0) is 38.5 Å². The van der Waals surface area contributed by atoms with E-state index in [1.54, 1.807) is 0 Å². The van der Waals surface area contributed by atoms with Crippen molar-refractivity contribution in [2.24, 2.45) is 0 Å². The molecule has 0 aliphatic heterocycles. The summed E-state index contributed by atoms with van der Waals surface area (Å²) in [6, 6.07) is 0. The van der Waals surface area contributed by atoms with Crippen LogP contribution in [0.2, 0.25) is 0 Å². The van der Waals surface area contributed by atoms with Crippen molar-refractivity contribution in [1.29, 1.82) is 0 Å². The molecule has 0 aromatic heterocycles. The van der Waals surface area contributed by atoms with E-state index >= 15 is 0 Å². The van der Waals surface area contributed by atoms with Crippen LogP contribution in [0, 0.1) is 0 Å². The van der Waals surface area contributed by atoms with Gasteiger partial charge in [-0.15, -0.1) is 0 Å². The minimum atomic E-state index is -1.16. The monoisotopic (exact) mass is 330 g/mol. The molecule has 0 amide bonds. The average molecular weight is 330 g/mol. The number of carbonyl (C=O) groups excluding carboxylic acids is 1. The molecular weight excluding hydrogens is 308 g/mol. The number of aliphatic hydroxyl groups is 2. The van der Waals surface area contributed by atoms with Crippen molar-refractivity contribution in [3.05, 3.63) is 34.4 Å². The Bertz CT molecular complexity index is 492. The number of carboxylic acids is 2. The molecular formula is C15H22O8.